The summed E-state index contributed by atoms with van der Waals surface area (Å²) in [5.41, 5.74) is 2.53. The van der Waals surface area contributed by atoms with E-state index in [2.05, 4.69) is 28.1 Å². The van der Waals surface area contributed by atoms with E-state index in [1.54, 1.807) is 12.0 Å². The van der Waals surface area contributed by atoms with Crippen molar-refractivity contribution < 1.29 is 9.64 Å². The fourth-order valence-electron chi connectivity index (χ4n) is 2.92. The first-order valence-electron chi connectivity index (χ1n) is 7.47. The van der Waals surface area contributed by atoms with E-state index in [0.29, 0.717) is 0 Å². The second-order valence-corrected chi connectivity index (χ2v) is 5.45. The minimum absolute atomic E-state index is 0.966. The summed E-state index contributed by atoms with van der Waals surface area (Å²) in [6, 6.07) is 12.4. The lowest BCUT2D eigenvalue weighted by Crippen LogP contribution is -3.13. The third-order valence-corrected chi connectivity index (χ3v) is 4.07. The number of para-hydroxylation sites is 2. The summed E-state index contributed by atoms with van der Waals surface area (Å²) in [4.78, 5) is 8.24. The molecule has 0 atom stereocenters. The van der Waals surface area contributed by atoms with Gasteiger partial charge in [-0.1, -0.05) is 18.2 Å². The number of ether oxygens (including phenoxy) is 1. The molecule has 1 aliphatic heterocycles. The average molecular weight is 284 g/mol. The molecule has 2 heterocycles. The molecule has 0 unspecified atom stereocenters. The minimum Gasteiger partial charge on any atom is -0.495 e. The number of hydrogen-bond acceptors (Lipinski definition) is 3. The van der Waals surface area contributed by atoms with Crippen LogP contribution in [0.25, 0.3) is 0 Å². The van der Waals surface area contributed by atoms with Gasteiger partial charge in [0.25, 0.3) is 0 Å². The number of nitrogens with zero attached hydrogens (tertiary/aromatic N) is 2. The van der Waals surface area contributed by atoms with Gasteiger partial charge in [-0.25, -0.2) is 0 Å². The van der Waals surface area contributed by atoms with Gasteiger partial charge in [0.2, 0.25) is 0 Å². The molecule has 2 aromatic rings. The highest BCUT2D eigenvalue weighted by Crippen LogP contribution is 2.27. The Morgan fingerprint density at radius 3 is 2.67 bits per heavy atom. The first kappa shape index (κ1) is 13.9. The number of benzene rings is 1. The number of anilines is 1. The first-order valence-corrected chi connectivity index (χ1v) is 7.47. The molecule has 0 aliphatic carbocycles. The Morgan fingerprint density at radius 1 is 1.14 bits per heavy atom. The van der Waals surface area contributed by atoms with Gasteiger partial charge in [0.05, 0.1) is 39.0 Å². The first-order chi connectivity index (χ1) is 10.4. The van der Waals surface area contributed by atoms with Crippen molar-refractivity contribution >= 4 is 5.69 Å². The van der Waals surface area contributed by atoms with Crippen molar-refractivity contribution in [3.63, 3.8) is 0 Å². The Hall–Kier alpha value is -2.07. The van der Waals surface area contributed by atoms with Crippen LogP contribution in [-0.4, -0.2) is 38.3 Å². The molecule has 4 heteroatoms. The van der Waals surface area contributed by atoms with Crippen LogP contribution in [0.15, 0.2) is 48.8 Å². The van der Waals surface area contributed by atoms with Gasteiger partial charge in [-0.05, 0) is 18.2 Å². The third kappa shape index (κ3) is 3.34. The molecule has 1 aromatic carbocycles. The number of pyridine rings is 1. The Bertz CT molecular complexity index is 565. The quantitative estimate of drug-likeness (QED) is 0.908. The van der Waals surface area contributed by atoms with Crippen molar-refractivity contribution in [1.29, 1.82) is 0 Å². The van der Waals surface area contributed by atoms with Crippen molar-refractivity contribution in [2.75, 3.05) is 38.2 Å². The molecule has 1 saturated heterocycles. The molecule has 1 fully saturated rings. The van der Waals surface area contributed by atoms with Gasteiger partial charge in [-0.15, -0.1) is 0 Å². The van der Waals surface area contributed by atoms with E-state index in [4.69, 9.17) is 4.74 Å². The summed E-state index contributed by atoms with van der Waals surface area (Å²) in [6.07, 6.45) is 3.80. The maximum Gasteiger partial charge on any atom is 0.142 e. The van der Waals surface area contributed by atoms with Gasteiger partial charge in [0, 0.05) is 18.0 Å². The standard InChI is InChI=1S/C17H21N3O/c1-21-17-7-3-2-6-16(17)20-11-9-19(10-12-20)14-15-5-4-8-18-13-15/h2-8,13H,9-12,14H2,1H3/p+1. The minimum atomic E-state index is 0.966. The molecule has 21 heavy (non-hydrogen) atoms. The third-order valence-electron chi connectivity index (χ3n) is 4.07. The van der Waals surface area contributed by atoms with Crippen LogP contribution in [0.1, 0.15) is 5.56 Å². The van der Waals surface area contributed by atoms with Crippen LogP contribution < -0.4 is 14.5 Å². The zero-order valence-corrected chi connectivity index (χ0v) is 12.5. The lowest BCUT2D eigenvalue weighted by Gasteiger charge is -2.34. The molecule has 0 amide bonds. The SMILES string of the molecule is COc1ccccc1N1CC[NH+](Cc2cccnc2)CC1. The van der Waals surface area contributed by atoms with Crippen molar-refractivity contribution in [1.82, 2.24) is 4.98 Å². The predicted octanol–water partition coefficient (Wildman–Crippen LogP) is 0.995. The summed E-state index contributed by atoms with van der Waals surface area (Å²) in [5.74, 6) is 0.966. The molecular weight excluding hydrogens is 262 g/mol. The van der Waals surface area contributed by atoms with E-state index in [9.17, 15) is 0 Å². The van der Waals surface area contributed by atoms with E-state index in [-0.39, 0.29) is 0 Å². The number of methoxy groups -OCH3 is 1. The Morgan fingerprint density at radius 2 is 1.95 bits per heavy atom. The van der Waals surface area contributed by atoms with Crippen molar-refractivity contribution in [2.45, 2.75) is 6.54 Å². The molecule has 110 valence electrons. The van der Waals surface area contributed by atoms with Gasteiger partial charge in [-0.3, -0.25) is 4.98 Å². The zero-order chi connectivity index (χ0) is 14.5. The summed E-state index contributed by atoms with van der Waals surface area (Å²) < 4.78 is 5.46. The predicted molar refractivity (Wildman–Crippen MR) is 83.8 cm³/mol. The van der Waals surface area contributed by atoms with Crippen molar-refractivity contribution in [3.05, 3.63) is 54.4 Å². The van der Waals surface area contributed by atoms with Crippen LogP contribution in [0.3, 0.4) is 0 Å². The van der Waals surface area contributed by atoms with E-state index in [1.165, 1.54) is 11.3 Å². The van der Waals surface area contributed by atoms with E-state index >= 15 is 0 Å². The summed E-state index contributed by atoms with van der Waals surface area (Å²) in [7, 11) is 1.74. The number of quaternary nitrogens is 1. The lowest BCUT2D eigenvalue weighted by atomic mass is 10.2. The molecule has 0 spiro atoms. The van der Waals surface area contributed by atoms with E-state index in [0.717, 1.165) is 38.5 Å². The van der Waals surface area contributed by atoms with Gasteiger partial charge < -0.3 is 14.5 Å². The highest BCUT2D eigenvalue weighted by molar-refractivity contribution is 5.58. The second kappa shape index (κ2) is 6.59. The maximum atomic E-state index is 5.46. The lowest BCUT2D eigenvalue weighted by molar-refractivity contribution is -0.914. The van der Waals surface area contributed by atoms with Crippen LogP contribution in [0.2, 0.25) is 0 Å². The van der Waals surface area contributed by atoms with Gasteiger partial charge in [0.15, 0.2) is 0 Å². The maximum absolute atomic E-state index is 5.46. The number of aromatic nitrogens is 1. The van der Waals surface area contributed by atoms with Gasteiger partial charge in [-0.2, -0.15) is 0 Å². The highest BCUT2D eigenvalue weighted by atomic mass is 16.5. The number of nitrogens with one attached hydrogen (secondary N) is 1. The fourth-order valence-corrected chi connectivity index (χ4v) is 2.92. The summed E-state index contributed by atoms with van der Waals surface area (Å²) in [6.45, 7) is 5.49. The molecule has 3 rings (SSSR count). The van der Waals surface area contributed by atoms with E-state index < -0.39 is 0 Å². The molecule has 1 aliphatic rings. The molecule has 0 bridgehead atoms. The van der Waals surface area contributed by atoms with Gasteiger partial charge >= 0.3 is 0 Å². The fraction of sp³-hybridized carbons (Fsp3) is 0.353. The topological polar surface area (TPSA) is 29.8 Å². The Kier molecular flexibility index (Phi) is 4.36. The van der Waals surface area contributed by atoms with E-state index in [1.807, 2.05) is 30.6 Å². The smallest absolute Gasteiger partial charge is 0.142 e. The monoisotopic (exact) mass is 284 g/mol. The van der Waals surface area contributed by atoms with Crippen LogP contribution in [0.5, 0.6) is 5.75 Å². The molecule has 1 N–H and O–H groups in total. The van der Waals surface area contributed by atoms with Crippen LogP contribution >= 0.6 is 0 Å². The molecule has 0 saturated carbocycles. The molecule has 1 aromatic heterocycles. The normalized spacial score (nSPS) is 16.0. The second-order valence-electron chi connectivity index (χ2n) is 5.45. The average Bonchev–Trinajstić information content (AvgIpc) is 2.56. The van der Waals surface area contributed by atoms with Crippen LogP contribution in [0, 0.1) is 0 Å². The molecule has 4 nitrogen and oxygen atoms in total. The van der Waals surface area contributed by atoms with Gasteiger partial charge in [0.1, 0.15) is 12.3 Å². The van der Waals surface area contributed by atoms with Crippen LogP contribution in [-0.2, 0) is 6.54 Å². The number of rotatable bonds is 4. The number of piperazine rings is 1. The Balaban J connectivity index is 1.60. The Labute approximate surface area is 126 Å². The summed E-state index contributed by atoms with van der Waals surface area (Å²) in [5, 5.41) is 0. The summed E-state index contributed by atoms with van der Waals surface area (Å²) >= 11 is 0. The zero-order valence-electron chi connectivity index (χ0n) is 12.5. The highest BCUT2D eigenvalue weighted by Gasteiger charge is 2.22. The van der Waals surface area contributed by atoms with Crippen molar-refractivity contribution in [2.24, 2.45) is 0 Å². The van der Waals surface area contributed by atoms with Crippen LogP contribution in [0.4, 0.5) is 5.69 Å². The molecule has 0 radical (unpaired) electrons. The van der Waals surface area contributed by atoms with Crippen molar-refractivity contribution in [3.8, 4) is 5.75 Å². The molecular formula is C17H22N3O+. The largest absolute Gasteiger partial charge is 0.495 e. The number of hydrogen-bond donors (Lipinski definition) is 1.